The van der Waals surface area contributed by atoms with Crippen molar-refractivity contribution in [2.24, 2.45) is 11.1 Å². The van der Waals surface area contributed by atoms with Crippen LogP contribution in [0.2, 0.25) is 0 Å². The Balaban J connectivity index is 4.22. The molecule has 0 heterocycles. The Morgan fingerprint density at radius 1 is 1.44 bits per heavy atom. The molecule has 0 saturated carbocycles. The number of aliphatic hydroxyl groups excluding tert-OH is 2. The van der Waals surface area contributed by atoms with Crippen molar-refractivity contribution in [1.82, 2.24) is 5.32 Å². The maximum atomic E-state index is 11.4. The largest absolute Gasteiger partial charge is 0.480 e. The van der Waals surface area contributed by atoms with Gasteiger partial charge in [-0.3, -0.25) is 9.59 Å². The Morgan fingerprint density at radius 2 is 1.94 bits per heavy atom. The number of aliphatic carboxylic acids is 1. The first kappa shape index (κ1) is 14.8. The summed E-state index contributed by atoms with van der Waals surface area (Å²) in [6.45, 7) is 2.38. The fourth-order valence-corrected chi connectivity index (χ4v) is 0.836. The number of nitrogens with one attached hydrogen (secondary N) is 1. The highest BCUT2D eigenvalue weighted by Gasteiger charge is 2.33. The zero-order valence-electron chi connectivity index (χ0n) is 9.30. The van der Waals surface area contributed by atoms with Gasteiger partial charge in [0.1, 0.15) is 12.1 Å². The summed E-state index contributed by atoms with van der Waals surface area (Å²) in [5, 5.41) is 29.1. The minimum atomic E-state index is -1.42. The second-order valence-corrected chi connectivity index (χ2v) is 4.24. The quantitative estimate of drug-likeness (QED) is 0.357. The maximum Gasteiger partial charge on any atom is 0.322 e. The van der Waals surface area contributed by atoms with Gasteiger partial charge in [0, 0.05) is 12.0 Å². The third-order valence-electron chi connectivity index (χ3n) is 2.21. The van der Waals surface area contributed by atoms with E-state index in [0.29, 0.717) is 0 Å². The van der Waals surface area contributed by atoms with Crippen LogP contribution in [0.15, 0.2) is 0 Å². The molecule has 0 saturated heterocycles. The van der Waals surface area contributed by atoms with E-state index in [9.17, 15) is 14.7 Å². The SMILES string of the molecule is CC(C)(CO)[C@@H](O)C(=O)NCC(N)C(=O)O. The number of amides is 1. The summed E-state index contributed by atoms with van der Waals surface area (Å²) in [6, 6.07) is -1.21. The van der Waals surface area contributed by atoms with Crippen molar-refractivity contribution in [3.8, 4) is 0 Å². The number of aliphatic hydroxyl groups is 2. The third kappa shape index (κ3) is 4.13. The average Bonchev–Trinajstić information content (AvgIpc) is 2.23. The number of hydrogen-bond donors (Lipinski definition) is 5. The predicted octanol–water partition coefficient (Wildman–Crippen LogP) is -2.11. The molecule has 1 amide bonds. The summed E-state index contributed by atoms with van der Waals surface area (Å²) in [5.74, 6) is -1.99. The Morgan fingerprint density at radius 3 is 2.31 bits per heavy atom. The number of rotatable bonds is 6. The fraction of sp³-hybridized carbons (Fsp3) is 0.778. The number of nitrogens with two attached hydrogens (primary N) is 1. The van der Waals surface area contributed by atoms with Crippen molar-refractivity contribution >= 4 is 11.9 Å². The first-order valence-electron chi connectivity index (χ1n) is 4.77. The molecule has 0 radical (unpaired) electrons. The van der Waals surface area contributed by atoms with Gasteiger partial charge in [0.05, 0.1) is 6.61 Å². The highest BCUT2D eigenvalue weighted by Crippen LogP contribution is 2.19. The van der Waals surface area contributed by atoms with Crippen molar-refractivity contribution in [2.45, 2.75) is 26.0 Å². The third-order valence-corrected chi connectivity index (χ3v) is 2.21. The van der Waals surface area contributed by atoms with Crippen molar-refractivity contribution in [1.29, 1.82) is 0 Å². The van der Waals surface area contributed by atoms with Crippen LogP contribution in [0.4, 0.5) is 0 Å². The summed E-state index contributed by atoms with van der Waals surface area (Å²) in [6.07, 6.45) is -1.42. The number of carbonyl (C=O) groups is 2. The van der Waals surface area contributed by atoms with Crippen LogP contribution in [0.25, 0.3) is 0 Å². The van der Waals surface area contributed by atoms with Gasteiger partial charge in [-0.2, -0.15) is 0 Å². The topological polar surface area (TPSA) is 133 Å². The average molecular weight is 234 g/mol. The van der Waals surface area contributed by atoms with Gasteiger partial charge in [0.2, 0.25) is 5.91 Å². The number of carboxylic acid groups (broad SMARTS) is 1. The van der Waals surface area contributed by atoms with Crippen molar-refractivity contribution < 1.29 is 24.9 Å². The summed E-state index contributed by atoms with van der Waals surface area (Å²) < 4.78 is 0. The number of hydrogen-bond acceptors (Lipinski definition) is 5. The highest BCUT2D eigenvalue weighted by molar-refractivity contribution is 5.82. The van der Waals surface area contributed by atoms with Gasteiger partial charge in [-0.15, -0.1) is 0 Å². The fourth-order valence-electron chi connectivity index (χ4n) is 0.836. The van der Waals surface area contributed by atoms with E-state index in [-0.39, 0.29) is 13.2 Å². The Kier molecular flexibility index (Phi) is 5.36. The monoisotopic (exact) mass is 234 g/mol. The molecule has 0 aliphatic carbocycles. The van der Waals surface area contributed by atoms with Crippen molar-refractivity contribution in [3.63, 3.8) is 0 Å². The van der Waals surface area contributed by atoms with Crippen LogP contribution >= 0.6 is 0 Å². The molecule has 0 aromatic carbocycles. The second kappa shape index (κ2) is 5.78. The number of carboxylic acids is 1. The molecular formula is C9H18N2O5. The van der Waals surface area contributed by atoms with E-state index in [4.69, 9.17) is 15.9 Å². The lowest BCUT2D eigenvalue weighted by Crippen LogP contribution is -2.50. The first-order chi connectivity index (χ1) is 7.22. The molecule has 2 atom stereocenters. The lowest BCUT2D eigenvalue weighted by Gasteiger charge is -2.27. The Labute approximate surface area is 93.3 Å². The molecule has 0 bridgehead atoms. The molecule has 0 fully saturated rings. The number of carbonyl (C=O) groups excluding carboxylic acids is 1. The van der Waals surface area contributed by atoms with Crippen LogP contribution in [0, 0.1) is 5.41 Å². The molecule has 0 spiro atoms. The molecule has 6 N–H and O–H groups in total. The molecule has 7 nitrogen and oxygen atoms in total. The highest BCUT2D eigenvalue weighted by atomic mass is 16.4. The normalized spacial score (nSPS) is 15.3. The molecule has 16 heavy (non-hydrogen) atoms. The van der Waals surface area contributed by atoms with Crippen molar-refractivity contribution in [2.75, 3.05) is 13.2 Å². The molecule has 1 unspecified atom stereocenters. The van der Waals surface area contributed by atoms with Gasteiger partial charge in [-0.05, 0) is 0 Å². The summed E-state index contributed by atoms with van der Waals surface area (Å²) in [7, 11) is 0. The minimum Gasteiger partial charge on any atom is -0.480 e. The molecule has 0 rings (SSSR count). The Hall–Kier alpha value is -1.18. The summed E-state index contributed by atoms with van der Waals surface area (Å²) in [4.78, 5) is 21.7. The van der Waals surface area contributed by atoms with Gasteiger partial charge >= 0.3 is 5.97 Å². The van der Waals surface area contributed by atoms with Gasteiger partial charge < -0.3 is 26.4 Å². The maximum absolute atomic E-state index is 11.4. The van der Waals surface area contributed by atoms with Crippen molar-refractivity contribution in [3.05, 3.63) is 0 Å². The van der Waals surface area contributed by atoms with E-state index in [1.807, 2.05) is 0 Å². The summed E-state index contributed by atoms with van der Waals surface area (Å²) >= 11 is 0. The second-order valence-electron chi connectivity index (χ2n) is 4.24. The standard InChI is InChI=1S/C9H18N2O5/c1-9(2,4-12)6(13)7(14)11-3-5(10)8(15)16/h5-6,12-13H,3-4,10H2,1-2H3,(H,11,14)(H,15,16)/t5?,6-/m0/s1. The minimum absolute atomic E-state index is 0.271. The van der Waals surface area contributed by atoms with E-state index in [1.54, 1.807) is 0 Å². The molecule has 0 aliphatic heterocycles. The van der Waals surface area contributed by atoms with E-state index >= 15 is 0 Å². The first-order valence-corrected chi connectivity index (χ1v) is 4.77. The van der Waals surface area contributed by atoms with Gasteiger partial charge in [-0.25, -0.2) is 0 Å². The van der Waals surface area contributed by atoms with E-state index in [0.717, 1.165) is 0 Å². The van der Waals surface area contributed by atoms with Crippen LogP contribution < -0.4 is 11.1 Å². The summed E-state index contributed by atoms with van der Waals surface area (Å²) in [5.41, 5.74) is 4.17. The van der Waals surface area contributed by atoms with E-state index in [2.05, 4.69) is 5.32 Å². The molecular weight excluding hydrogens is 216 g/mol. The van der Waals surface area contributed by atoms with Crippen LogP contribution in [0.5, 0.6) is 0 Å². The van der Waals surface area contributed by atoms with E-state index in [1.165, 1.54) is 13.8 Å². The lowest BCUT2D eigenvalue weighted by atomic mass is 9.87. The van der Waals surface area contributed by atoms with Crippen LogP contribution in [-0.2, 0) is 9.59 Å². The molecule has 0 aromatic rings. The zero-order chi connectivity index (χ0) is 12.9. The molecule has 0 aromatic heterocycles. The van der Waals surface area contributed by atoms with E-state index < -0.39 is 29.4 Å². The van der Waals surface area contributed by atoms with Crippen LogP contribution in [0.3, 0.4) is 0 Å². The van der Waals surface area contributed by atoms with Gasteiger partial charge in [-0.1, -0.05) is 13.8 Å². The zero-order valence-corrected chi connectivity index (χ0v) is 9.30. The predicted molar refractivity (Wildman–Crippen MR) is 55.5 cm³/mol. The van der Waals surface area contributed by atoms with Gasteiger partial charge in [0.25, 0.3) is 0 Å². The smallest absolute Gasteiger partial charge is 0.322 e. The molecule has 7 heteroatoms. The molecule has 94 valence electrons. The van der Waals surface area contributed by atoms with Gasteiger partial charge in [0.15, 0.2) is 0 Å². The van der Waals surface area contributed by atoms with Crippen LogP contribution in [0.1, 0.15) is 13.8 Å². The molecule has 0 aliphatic rings. The van der Waals surface area contributed by atoms with Crippen LogP contribution in [-0.4, -0.2) is 52.5 Å². The Bertz CT molecular complexity index is 267. The lowest BCUT2D eigenvalue weighted by molar-refractivity contribution is -0.139.